The molecule has 0 radical (unpaired) electrons. The Labute approximate surface area is 53.9 Å². The third-order valence-electron chi connectivity index (χ3n) is 0.185. The molecule has 0 fully saturated rings. The number of nitrogens with zero attached hydrogens (tertiary/aromatic N) is 3. The summed E-state index contributed by atoms with van der Waals surface area (Å²) in [6, 6.07) is 0. The molecule has 0 spiro atoms. The Bertz CT molecular complexity index is 187. The fraction of sp³-hybridized carbons (Fsp3) is 0. The lowest BCUT2D eigenvalue weighted by Gasteiger charge is -1.72. The first-order chi connectivity index (χ1) is 3.06. The van der Waals surface area contributed by atoms with E-state index in [0.29, 0.717) is 0 Å². The van der Waals surface area contributed by atoms with Crippen molar-refractivity contribution in [2.24, 2.45) is 4.52 Å². The number of azide groups is 1. The molecule has 0 aliphatic heterocycles. The second-order valence-corrected chi connectivity index (χ2v) is 5.63. The van der Waals surface area contributed by atoms with Crippen LogP contribution in [0.25, 0.3) is 10.4 Å². The average Bonchev–Trinajstić information content (AvgIpc) is 1.30. The minimum atomic E-state index is -3.33. The molecule has 0 aromatic carbocycles. The lowest BCUT2D eigenvalue weighted by atomic mass is 13.0. The molecule has 0 bridgehead atoms. The van der Waals surface area contributed by atoms with Crippen molar-refractivity contribution in [1.82, 2.24) is 0 Å². The highest BCUT2D eigenvalue weighted by Gasteiger charge is 1.89. The van der Waals surface area contributed by atoms with Crippen molar-refractivity contribution in [3.05, 3.63) is 10.4 Å². The molecule has 0 atom stereocenters. The maximum absolute atomic E-state index is 9.87. The van der Waals surface area contributed by atoms with E-state index < -0.39 is 9.47 Å². The molecular formula is H7N3O2SSi2. The van der Waals surface area contributed by atoms with E-state index in [0.717, 1.165) is 0 Å². The normalized spacial score (nSPS) is 9.00. The summed E-state index contributed by atoms with van der Waals surface area (Å²) < 4.78 is 22.2. The summed E-state index contributed by atoms with van der Waals surface area (Å²) in [5, 5.41) is 0. The van der Waals surface area contributed by atoms with Gasteiger partial charge in [0.05, 0.1) is 0 Å². The van der Waals surface area contributed by atoms with Crippen LogP contribution in [0.15, 0.2) is 4.52 Å². The predicted molar refractivity (Wildman–Crippen MR) is 39.3 cm³/mol. The summed E-state index contributed by atoms with van der Waals surface area (Å²) in [6.07, 6.45) is 0. The molecule has 0 unspecified atom stereocenters. The van der Waals surface area contributed by atoms with Crippen LogP contribution in [-0.2, 0) is 9.47 Å². The van der Waals surface area contributed by atoms with Crippen molar-refractivity contribution in [3.8, 4) is 0 Å². The minimum absolute atomic E-state index is 0. The van der Waals surface area contributed by atoms with Crippen molar-refractivity contribution in [1.29, 1.82) is 0 Å². The van der Waals surface area contributed by atoms with Crippen molar-refractivity contribution in [2.75, 3.05) is 0 Å². The molecule has 0 amide bonds. The maximum atomic E-state index is 9.87. The van der Waals surface area contributed by atoms with Crippen LogP contribution in [0.5, 0.6) is 0 Å². The van der Waals surface area contributed by atoms with Gasteiger partial charge in [-0.1, -0.05) is 0 Å². The smallest absolute Gasteiger partial charge is 0.194 e. The zero-order valence-corrected chi connectivity index (χ0v) is 6.38. The van der Waals surface area contributed by atoms with Gasteiger partial charge in [0.15, 0.2) is 18.9 Å². The van der Waals surface area contributed by atoms with Gasteiger partial charge in [-0.05, 0) is 16.5 Å². The summed E-state index contributed by atoms with van der Waals surface area (Å²) in [5.74, 6) is 0. The van der Waals surface area contributed by atoms with Gasteiger partial charge in [-0.2, -0.15) is 0 Å². The first-order valence-electron chi connectivity index (χ1n) is 1.32. The van der Waals surface area contributed by atoms with Crippen molar-refractivity contribution >= 4 is 29.8 Å². The van der Waals surface area contributed by atoms with E-state index in [2.05, 4.69) is 9.43 Å². The molecule has 0 saturated heterocycles. The molecule has 8 heteroatoms. The van der Waals surface area contributed by atoms with Crippen LogP contribution in [0.1, 0.15) is 0 Å². The van der Waals surface area contributed by atoms with Gasteiger partial charge in [0.25, 0.3) is 0 Å². The lowest BCUT2D eigenvalue weighted by Crippen LogP contribution is -1.87. The van der Waals surface area contributed by atoms with E-state index in [4.69, 9.17) is 5.53 Å². The van der Waals surface area contributed by atoms with Gasteiger partial charge < -0.3 is 0 Å². The number of rotatable bonds is 1. The molecule has 0 aliphatic rings. The largest absolute Gasteiger partial charge is 0.230 e. The van der Waals surface area contributed by atoms with E-state index >= 15 is 0 Å². The number of hydrogen-bond acceptors (Lipinski definition) is 2. The van der Waals surface area contributed by atoms with Crippen LogP contribution >= 0.6 is 0 Å². The third kappa shape index (κ3) is 9.19. The molecule has 0 aromatic rings. The average molecular weight is 169 g/mol. The van der Waals surface area contributed by atoms with E-state index in [1.807, 2.05) is 0 Å². The fourth-order valence-electron chi connectivity index (χ4n) is 0.0663. The molecule has 0 saturated carbocycles. The highest BCUT2D eigenvalue weighted by atomic mass is 32.4. The molecule has 0 aliphatic carbocycles. The van der Waals surface area contributed by atoms with Crippen LogP contribution < -0.4 is 0 Å². The van der Waals surface area contributed by atoms with Crippen molar-refractivity contribution in [3.63, 3.8) is 0 Å². The van der Waals surface area contributed by atoms with Gasteiger partial charge in [0, 0.05) is 9.43 Å². The Kier molecular flexibility index (Phi) is 4.87. The first-order valence-corrected chi connectivity index (χ1v) is 5.62. The standard InChI is InChI=1S/H3N3O2SSi.H4Si/c1-2-3-6(4,5)7;/h7H3;1H4. The van der Waals surface area contributed by atoms with Crippen LogP contribution in [0.2, 0.25) is 0 Å². The van der Waals surface area contributed by atoms with Gasteiger partial charge in [-0.25, -0.2) is 8.42 Å². The zero-order valence-electron chi connectivity index (χ0n) is 3.57. The van der Waals surface area contributed by atoms with Crippen LogP contribution in [0.4, 0.5) is 0 Å². The van der Waals surface area contributed by atoms with E-state index in [1.54, 1.807) is 0 Å². The van der Waals surface area contributed by atoms with Crippen molar-refractivity contribution < 1.29 is 8.42 Å². The molecule has 0 N–H and O–H groups in total. The van der Waals surface area contributed by atoms with E-state index in [1.165, 1.54) is 0 Å². The zero-order chi connectivity index (χ0) is 5.91. The second-order valence-electron chi connectivity index (χ2n) is 0.904. The molecule has 48 valence electrons. The fourth-order valence-corrected chi connectivity index (χ4v) is 0.418. The Hall–Kier alpha value is -0.306. The monoisotopic (exact) mass is 169 g/mol. The highest BCUT2D eigenvalue weighted by Crippen LogP contribution is 1.79. The van der Waals surface area contributed by atoms with Crippen molar-refractivity contribution in [2.45, 2.75) is 0 Å². The summed E-state index contributed by atoms with van der Waals surface area (Å²) in [7, 11) is -3.44. The molecule has 0 heterocycles. The first kappa shape index (κ1) is 10.6. The Morgan fingerprint density at radius 1 is 1.62 bits per heavy atom. The predicted octanol–water partition coefficient (Wildman–Crippen LogP) is -2.54. The highest BCUT2D eigenvalue weighted by molar-refractivity contribution is 8.11. The molecular weight excluding hydrogens is 162 g/mol. The Morgan fingerprint density at radius 3 is 2.00 bits per heavy atom. The maximum Gasteiger partial charge on any atom is 0.194 e. The molecule has 5 nitrogen and oxygen atoms in total. The van der Waals surface area contributed by atoms with E-state index in [9.17, 15) is 8.42 Å². The number of hydrogen-bond donors (Lipinski definition) is 0. The van der Waals surface area contributed by atoms with Gasteiger partial charge >= 0.3 is 0 Å². The summed E-state index contributed by atoms with van der Waals surface area (Å²) in [4.78, 5) is 2.08. The molecule has 0 aromatic heterocycles. The lowest BCUT2D eigenvalue weighted by molar-refractivity contribution is 0.610. The van der Waals surface area contributed by atoms with E-state index in [-0.39, 0.29) is 20.4 Å². The molecule has 0 rings (SSSR count). The Morgan fingerprint density at radius 2 is 2.00 bits per heavy atom. The minimum Gasteiger partial charge on any atom is -0.230 e. The van der Waals surface area contributed by atoms with Crippen LogP contribution in [0.3, 0.4) is 0 Å². The second kappa shape index (κ2) is 3.67. The van der Waals surface area contributed by atoms with Gasteiger partial charge in [-0.3, -0.25) is 0 Å². The van der Waals surface area contributed by atoms with Gasteiger partial charge in [0.1, 0.15) is 0 Å². The quantitative estimate of drug-likeness (QED) is 0.187. The SMILES string of the molecule is [N-]=[N+]=NS(=O)(=O)[SiH3].[SiH4]. The van der Waals surface area contributed by atoms with Gasteiger partial charge in [0.2, 0.25) is 0 Å². The Balaban J connectivity index is 0. The van der Waals surface area contributed by atoms with Gasteiger partial charge in [-0.15, -0.1) is 0 Å². The summed E-state index contributed by atoms with van der Waals surface area (Å²) >= 11 is 0. The van der Waals surface area contributed by atoms with Crippen LogP contribution in [0, 0.1) is 0 Å². The summed E-state index contributed by atoms with van der Waals surface area (Å²) in [6.45, 7) is 0. The third-order valence-corrected chi connectivity index (χ3v) is 1.04. The topological polar surface area (TPSA) is 82.9 Å². The summed E-state index contributed by atoms with van der Waals surface area (Å²) in [5.41, 5.74) is 7.50. The van der Waals surface area contributed by atoms with Crippen LogP contribution in [-0.4, -0.2) is 28.8 Å². The molecule has 8 heavy (non-hydrogen) atoms.